The predicted molar refractivity (Wildman–Crippen MR) is 100 cm³/mol. The highest BCUT2D eigenvalue weighted by atomic mass is 79.9. The molecule has 0 unspecified atom stereocenters. The summed E-state index contributed by atoms with van der Waals surface area (Å²) >= 11 is 3.58. The zero-order chi connectivity index (χ0) is 16.4. The van der Waals surface area contributed by atoms with Gasteiger partial charge in [0.2, 0.25) is 5.95 Å². The van der Waals surface area contributed by atoms with Crippen LogP contribution >= 0.6 is 15.9 Å². The van der Waals surface area contributed by atoms with E-state index in [4.69, 9.17) is 0 Å². The molecule has 4 rings (SSSR count). The minimum atomic E-state index is 0.453. The number of halogens is 1. The molecule has 6 heteroatoms. The van der Waals surface area contributed by atoms with Crippen LogP contribution in [0.4, 0.5) is 11.6 Å². The summed E-state index contributed by atoms with van der Waals surface area (Å²) in [4.78, 5) is 15.4. The molecule has 0 radical (unpaired) electrons. The lowest BCUT2D eigenvalue weighted by Gasteiger charge is -2.33. The lowest BCUT2D eigenvalue weighted by molar-refractivity contribution is 0.520. The second-order valence-corrected chi connectivity index (χ2v) is 6.80. The number of nitrogens with one attached hydrogen (secondary N) is 1. The van der Waals surface area contributed by atoms with Gasteiger partial charge in [0.25, 0.3) is 0 Å². The van der Waals surface area contributed by atoms with E-state index in [1.807, 2.05) is 18.3 Å². The van der Waals surface area contributed by atoms with Crippen molar-refractivity contribution in [2.75, 3.05) is 23.3 Å². The van der Waals surface area contributed by atoms with Crippen molar-refractivity contribution in [2.45, 2.75) is 18.9 Å². The molecule has 3 aromatic rings. The third-order valence-electron chi connectivity index (χ3n) is 4.41. The third-order valence-corrected chi connectivity index (χ3v) is 5.05. The second kappa shape index (κ2) is 6.73. The summed E-state index contributed by atoms with van der Waals surface area (Å²) in [5.74, 6) is 0.828. The lowest BCUT2D eigenvalue weighted by Crippen LogP contribution is -2.39. The quantitative estimate of drug-likeness (QED) is 0.743. The molecule has 1 fully saturated rings. The van der Waals surface area contributed by atoms with E-state index < -0.39 is 0 Å². The Labute approximate surface area is 149 Å². The fraction of sp³-hybridized carbons (Fsp3) is 0.278. The molecule has 0 aliphatic carbocycles. The van der Waals surface area contributed by atoms with Crippen molar-refractivity contribution in [1.29, 1.82) is 0 Å². The fourth-order valence-corrected chi connectivity index (χ4v) is 3.63. The highest BCUT2D eigenvalue weighted by Crippen LogP contribution is 2.29. The molecule has 0 spiro atoms. The van der Waals surface area contributed by atoms with E-state index in [0.29, 0.717) is 6.04 Å². The number of hydrogen-bond acceptors (Lipinski definition) is 5. The van der Waals surface area contributed by atoms with E-state index in [-0.39, 0.29) is 0 Å². The summed E-state index contributed by atoms with van der Waals surface area (Å²) < 4.78 is 1.03. The van der Waals surface area contributed by atoms with Gasteiger partial charge < -0.3 is 10.2 Å². The van der Waals surface area contributed by atoms with Crippen molar-refractivity contribution < 1.29 is 0 Å². The van der Waals surface area contributed by atoms with E-state index in [1.165, 1.54) is 0 Å². The number of benzene rings is 1. The van der Waals surface area contributed by atoms with Crippen molar-refractivity contribution in [2.24, 2.45) is 0 Å². The van der Waals surface area contributed by atoms with Crippen LogP contribution in [0.2, 0.25) is 0 Å². The normalized spacial score (nSPS) is 15.6. The summed E-state index contributed by atoms with van der Waals surface area (Å²) in [5.41, 5.74) is 2.15. The van der Waals surface area contributed by atoms with Gasteiger partial charge in [-0.2, -0.15) is 0 Å². The monoisotopic (exact) mass is 383 g/mol. The Morgan fingerprint density at radius 2 is 1.75 bits per heavy atom. The van der Waals surface area contributed by atoms with Crippen LogP contribution in [0, 0.1) is 0 Å². The van der Waals surface area contributed by atoms with Gasteiger partial charge in [0, 0.05) is 53.3 Å². The number of rotatable bonds is 3. The molecular weight excluding hydrogens is 366 g/mol. The van der Waals surface area contributed by atoms with Gasteiger partial charge >= 0.3 is 0 Å². The van der Waals surface area contributed by atoms with Crippen molar-refractivity contribution >= 4 is 38.5 Å². The summed E-state index contributed by atoms with van der Waals surface area (Å²) in [6, 6.07) is 10.6. The van der Waals surface area contributed by atoms with Crippen LogP contribution < -0.4 is 10.2 Å². The molecule has 1 N–H and O–H groups in total. The Balaban J connectivity index is 1.47. The van der Waals surface area contributed by atoms with E-state index in [9.17, 15) is 0 Å². The smallest absolute Gasteiger partial charge is 0.225 e. The fourth-order valence-electron chi connectivity index (χ4n) is 3.16. The zero-order valence-corrected chi connectivity index (χ0v) is 14.8. The summed E-state index contributed by atoms with van der Waals surface area (Å²) in [6.45, 7) is 1.93. The van der Waals surface area contributed by atoms with E-state index in [0.717, 1.165) is 52.9 Å². The number of aromatic nitrogens is 3. The molecule has 122 valence electrons. The Morgan fingerprint density at radius 1 is 0.958 bits per heavy atom. The molecule has 1 aliphatic heterocycles. The molecule has 0 bridgehead atoms. The largest absolute Gasteiger partial charge is 0.382 e. The summed E-state index contributed by atoms with van der Waals surface area (Å²) in [5, 5.41) is 4.85. The topological polar surface area (TPSA) is 53.9 Å². The van der Waals surface area contributed by atoms with Crippen molar-refractivity contribution in [1.82, 2.24) is 15.0 Å². The SMILES string of the molecule is Brc1cccc2c(NC3CCN(c4ncccn4)CC3)ccnc12. The average molecular weight is 384 g/mol. The maximum Gasteiger partial charge on any atom is 0.225 e. The van der Waals surface area contributed by atoms with E-state index in [1.54, 1.807) is 12.4 Å². The Bertz CT molecular complexity index is 831. The summed E-state index contributed by atoms with van der Waals surface area (Å²) in [6.07, 6.45) is 7.59. The number of fused-ring (bicyclic) bond motifs is 1. The van der Waals surface area contributed by atoms with Crippen LogP contribution in [0.15, 0.2) is 53.4 Å². The zero-order valence-electron chi connectivity index (χ0n) is 13.2. The van der Waals surface area contributed by atoms with Crippen LogP contribution in [0.3, 0.4) is 0 Å². The number of nitrogens with zero attached hydrogens (tertiary/aromatic N) is 4. The molecule has 1 aliphatic rings. The van der Waals surface area contributed by atoms with Crippen LogP contribution in [0.1, 0.15) is 12.8 Å². The molecule has 1 aromatic carbocycles. The predicted octanol–water partition coefficient (Wildman–Crippen LogP) is 3.87. The molecule has 0 amide bonds. The van der Waals surface area contributed by atoms with Gasteiger partial charge in [0.1, 0.15) is 0 Å². The molecule has 1 saturated heterocycles. The van der Waals surface area contributed by atoms with Crippen molar-refractivity contribution in [3.8, 4) is 0 Å². The first-order valence-corrected chi connectivity index (χ1v) is 8.92. The maximum absolute atomic E-state index is 4.47. The van der Waals surface area contributed by atoms with Crippen molar-refractivity contribution in [3.63, 3.8) is 0 Å². The van der Waals surface area contributed by atoms with Gasteiger partial charge in [-0.3, -0.25) is 4.98 Å². The van der Waals surface area contributed by atoms with E-state index >= 15 is 0 Å². The third kappa shape index (κ3) is 3.06. The number of para-hydroxylation sites is 1. The second-order valence-electron chi connectivity index (χ2n) is 5.95. The minimum absolute atomic E-state index is 0.453. The molecular formula is C18H18BrN5. The van der Waals surface area contributed by atoms with E-state index in [2.05, 4.69) is 59.3 Å². The first-order valence-electron chi connectivity index (χ1n) is 8.13. The van der Waals surface area contributed by atoms with Crippen LogP contribution in [-0.4, -0.2) is 34.1 Å². The average Bonchev–Trinajstić information content (AvgIpc) is 2.64. The van der Waals surface area contributed by atoms with Crippen LogP contribution in [0.25, 0.3) is 10.9 Å². The first kappa shape index (κ1) is 15.3. The summed E-state index contributed by atoms with van der Waals surface area (Å²) in [7, 11) is 0. The Kier molecular flexibility index (Phi) is 4.30. The molecule has 3 heterocycles. The molecule has 0 saturated carbocycles. The Hall–Kier alpha value is -2.21. The minimum Gasteiger partial charge on any atom is -0.382 e. The van der Waals surface area contributed by atoms with Gasteiger partial charge in [0.15, 0.2) is 0 Å². The molecule has 5 nitrogen and oxygen atoms in total. The molecule has 2 aromatic heterocycles. The van der Waals surface area contributed by atoms with Gasteiger partial charge in [-0.1, -0.05) is 12.1 Å². The number of piperidine rings is 1. The molecule has 0 atom stereocenters. The van der Waals surface area contributed by atoms with Crippen LogP contribution in [0.5, 0.6) is 0 Å². The first-order chi connectivity index (χ1) is 11.8. The van der Waals surface area contributed by atoms with Crippen LogP contribution in [-0.2, 0) is 0 Å². The highest BCUT2D eigenvalue weighted by Gasteiger charge is 2.21. The van der Waals surface area contributed by atoms with Gasteiger partial charge in [-0.05, 0) is 47.0 Å². The van der Waals surface area contributed by atoms with Gasteiger partial charge in [-0.25, -0.2) is 9.97 Å². The van der Waals surface area contributed by atoms with Gasteiger partial charge in [0.05, 0.1) is 5.52 Å². The standard InChI is InChI=1S/C18H18BrN5/c19-15-4-1-3-14-16(5-10-20-17(14)15)23-13-6-11-24(12-7-13)18-21-8-2-9-22-18/h1-5,8-10,13H,6-7,11-12H2,(H,20,23). The number of pyridine rings is 1. The molecule has 24 heavy (non-hydrogen) atoms. The highest BCUT2D eigenvalue weighted by molar-refractivity contribution is 9.10. The lowest BCUT2D eigenvalue weighted by atomic mass is 10.0. The number of anilines is 2. The maximum atomic E-state index is 4.47. The number of hydrogen-bond donors (Lipinski definition) is 1. The van der Waals surface area contributed by atoms with Gasteiger partial charge in [-0.15, -0.1) is 0 Å². The Morgan fingerprint density at radius 3 is 2.54 bits per heavy atom. The van der Waals surface area contributed by atoms with Crippen molar-refractivity contribution in [3.05, 3.63) is 53.4 Å².